The maximum Gasteiger partial charge on any atom is 0.258 e. The summed E-state index contributed by atoms with van der Waals surface area (Å²) in [7, 11) is 3.43. The van der Waals surface area contributed by atoms with Crippen LogP contribution < -0.4 is 10.9 Å². The Labute approximate surface area is 127 Å². The summed E-state index contributed by atoms with van der Waals surface area (Å²) in [5.74, 6) is 0.571. The van der Waals surface area contributed by atoms with Gasteiger partial charge in [-0.15, -0.1) is 0 Å². The van der Waals surface area contributed by atoms with Crippen LogP contribution in [0.2, 0.25) is 5.02 Å². The first-order chi connectivity index (χ1) is 9.97. The quantitative estimate of drug-likeness (QED) is 0.812. The molecule has 1 aromatic heterocycles. The fraction of sp³-hybridized carbons (Fsp3) is 0.357. The van der Waals surface area contributed by atoms with Crippen molar-refractivity contribution in [1.82, 2.24) is 20.2 Å². The number of H-pyrrole nitrogens is 1. The van der Waals surface area contributed by atoms with E-state index in [1.807, 2.05) is 0 Å². The van der Waals surface area contributed by atoms with Gasteiger partial charge in [-0.1, -0.05) is 11.6 Å². The van der Waals surface area contributed by atoms with Crippen LogP contribution in [0.5, 0.6) is 0 Å². The summed E-state index contributed by atoms with van der Waals surface area (Å²) in [4.78, 5) is 31.9. The molecule has 2 rings (SSSR count). The van der Waals surface area contributed by atoms with Crippen LogP contribution in [0.4, 0.5) is 0 Å². The Morgan fingerprint density at radius 3 is 2.90 bits per heavy atom. The third-order valence-corrected chi connectivity index (χ3v) is 3.26. The number of hydrogen-bond donors (Lipinski definition) is 2. The van der Waals surface area contributed by atoms with Crippen molar-refractivity contribution in [3.8, 4) is 0 Å². The van der Waals surface area contributed by atoms with Gasteiger partial charge in [-0.3, -0.25) is 9.59 Å². The van der Waals surface area contributed by atoms with Gasteiger partial charge in [0.05, 0.1) is 17.4 Å². The number of carbonyl (C=O) groups excluding carboxylic acids is 1. The molecule has 0 aliphatic carbocycles. The molecule has 1 amide bonds. The first-order valence-electron chi connectivity index (χ1n) is 6.56. The van der Waals surface area contributed by atoms with Gasteiger partial charge in [-0.25, -0.2) is 4.98 Å². The molecule has 21 heavy (non-hydrogen) atoms. The zero-order chi connectivity index (χ0) is 15.4. The average molecular weight is 309 g/mol. The number of amides is 1. The van der Waals surface area contributed by atoms with Crippen molar-refractivity contribution in [1.29, 1.82) is 0 Å². The van der Waals surface area contributed by atoms with Crippen LogP contribution >= 0.6 is 11.6 Å². The number of nitrogens with zero attached hydrogens (tertiary/aromatic N) is 2. The van der Waals surface area contributed by atoms with Gasteiger partial charge in [0, 0.05) is 32.1 Å². The first-order valence-corrected chi connectivity index (χ1v) is 6.94. The number of fused-ring (bicyclic) bond motifs is 1. The number of aromatic amines is 1. The van der Waals surface area contributed by atoms with Crippen molar-refractivity contribution in [2.24, 2.45) is 0 Å². The zero-order valence-electron chi connectivity index (χ0n) is 11.9. The molecule has 6 nitrogen and oxygen atoms in total. The highest BCUT2D eigenvalue weighted by atomic mass is 35.5. The standard InChI is InChI=1S/C14H17ClN4O2/c1-19(2)13(20)5-6-16-8-12-17-11-7-9(15)3-4-10(11)14(21)18-12/h3-4,7,16H,5-6,8H2,1-2H3,(H,17,18,21). The van der Waals surface area contributed by atoms with Crippen molar-refractivity contribution in [3.05, 3.63) is 39.4 Å². The van der Waals surface area contributed by atoms with Gasteiger partial charge in [-0.05, 0) is 18.2 Å². The molecule has 2 aromatic rings. The van der Waals surface area contributed by atoms with Crippen molar-refractivity contribution in [2.45, 2.75) is 13.0 Å². The molecule has 0 saturated heterocycles. The summed E-state index contributed by atoms with van der Waals surface area (Å²) in [6, 6.07) is 4.97. The van der Waals surface area contributed by atoms with Gasteiger partial charge in [-0.2, -0.15) is 0 Å². The molecule has 0 aliphatic heterocycles. The molecular formula is C14H17ClN4O2. The summed E-state index contributed by atoms with van der Waals surface area (Å²) in [6.45, 7) is 0.909. The van der Waals surface area contributed by atoms with Crippen LogP contribution in [0.25, 0.3) is 10.9 Å². The molecule has 0 atom stereocenters. The highest BCUT2D eigenvalue weighted by Gasteiger charge is 2.06. The lowest BCUT2D eigenvalue weighted by molar-refractivity contribution is -0.128. The maximum atomic E-state index is 11.9. The van der Waals surface area contributed by atoms with E-state index in [9.17, 15) is 9.59 Å². The SMILES string of the molecule is CN(C)C(=O)CCNCc1nc2cc(Cl)ccc2c(=O)[nH]1. The topological polar surface area (TPSA) is 78.1 Å². The van der Waals surface area contributed by atoms with Gasteiger partial charge < -0.3 is 15.2 Å². The lowest BCUT2D eigenvalue weighted by Crippen LogP contribution is -2.27. The van der Waals surface area contributed by atoms with E-state index in [2.05, 4.69) is 15.3 Å². The Kier molecular flexibility index (Phi) is 4.93. The van der Waals surface area contributed by atoms with Crippen LogP contribution in [0.1, 0.15) is 12.2 Å². The molecule has 2 N–H and O–H groups in total. The van der Waals surface area contributed by atoms with Crippen molar-refractivity contribution >= 4 is 28.4 Å². The van der Waals surface area contributed by atoms with Gasteiger partial charge in [0.15, 0.2) is 0 Å². The Morgan fingerprint density at radius 1 is 1.43 bits per heavy atom. The van der Waals surface area contributed by atoms with E-state index in [0.717, 1.165) is 0 Å². The van der Waals surface area contributed by atoms with Crippen molar-refractivity contribution < 1.29 is 4.79 Å². The molecule has 0 spiro atoms. The van der Waals surface area contributed by atoms with Gasteiger partial charge in [0.2, 0.25) is 5.91 Å². The number of aromatic nitrogens is 2. The molecule has 1 heterocycles. The highest BCUT2D eigenvalue weighted by molar-refractivity contribution is 6.31. The van der Waals surface area contributed by atoms with Crippen molar-refractivity contribution in [3.63, 3.8) is 0 Å². The van der Waals surface area contributed by atoms with Crippen LogP contribution in [-0.4, -0.2) is 41.4 Å². The molecule has 1 aromatic carbocycles. The minimum Gasteiger partial charge on any atom is -0.349 e. The summed E-state index contributed by atoms with van der Waals surface area (Å²) in [6.07, 6.45) is 0.399. The van der Waals surface area contributed by atoms with E-state index in [1.165, 1.54) is 0 Å². The molecule has 0 saturated carbocycles. The Bertz CT molecular complexity index is 712. The lowest BCUT2D eigenvalue weighted by Gasteiger charge is -2.10. The molecule has 112 valence electrons. The predicted molar refractivity (Wildman–Crippen MR) is 82.4 cm³/mol. The second-order valence-corrected chi connectivity index (χ2v) is 5.33. The summed E-state index contributed by atoms with van der Waals surface area (Å²) in [5, 5.41) is 4.12. The second-order valence-electron chi connectivity index (χ2n) is 4.89. The van der Waals surface area contributed by atoms with Crippen LogP contribution in [0.15, 0.2) is 23.0 Å². The summed E-state index contributed by atoms with van der Waals surface area (Å²) in [5.41, 5.74) is 0.366. The average Bonchev–Trinajstić information content (AvgIpc) is 2.42. The zero-order valence-corrected chi connectivity index (χ0v) is 12.7. The minimum absolute atomic E-state index is 0.0502. The molecule has 0 radical (unpaired) electrons. The number of hydrogen-bond acceptors (Lipinski definition) is 4. The molecule has 0 unspecified atom stereocenters. The van der Waals surface area contributed by atoms with Gasteiger partial charge in [0.1, 0.15) is 5.82 Å². The largest absolute Gasteiger partial charge is 0.349 e. The number of halogens is 1. The first kappa shape index (κ1) is 15.5. The smallest absolute Gasteiger partial charge is 0.258 e. The van der Waals surface area contributed by atoms with Crippen LogP contribution in [0, 0.1) is 0 Å². The fourth-order valence-corrected chi connectivity index (χ4v) is 2.04. The highest BCUT2D eigenvalue weighted by Crippen LogP contribution is 2.14. The predicted octanol–water partition coefficient (Wildman–Crippen LogP) is 1.14. The van der Waals surface area contributed by atoms with E-state index in [4.69, 9.17) is 11.6 Å². The van der Waals surface area contributed by atoms with E-state index in [-0.39, 0.29) is 11.5 Å². The monoisotopic (exact) mass is 308 g/mol. The van der Waals surface area contributed by atoms with E-state index < -0.39 is 0 Å². The normalized spacial score (nSPS) is 10.8. The lowest BCUT2D eigenvalue weighted by atomic mass is 10.2. The number of carbonyl (C=O) groups is 1. The van der Waals surface area contributed by atoms with Gasteiger partial charge in [0.25, 0.3) is 5.56 Å². The second kappa shape index (κ2) is 6.69. The third kappa shape index (κ3) is 4.03. The Hall–Kier alpha value is -1.92. The minimum atomic E-state index is -0.196. The fourth-order valence-electron chi connectivity index (χ4n) is 1.87. The molecule has 0 aliphatic rings. The summed E-state index contributed by atoms with van der Waals surface area (Å²) < 4.78 is 0. The molecule has 0 fully saturated rings. The van der Waals surface area contributed by atoms with E-state index in [1.54, 1.807) is 37.2 Å². The molecule has 7 heteroatoms. The Balaban J connectivity index is 2.03. The Morgan fingerprint density at radius 2 is 2.19 bits per heavy atom. The van der Waals surface area contributed by atoms with E-state index >= 15 is 0 Å². The van der Waals surface area contributed by atoms with Crippen LogP contribution in [-0.2, 0) is 11.3 Å². The number of rotatable bonds is 5. The maximum absolute atomic E-state index is 11.9. The van der Waals surface area contributed by atoms with Crippen molar-refractivity contribution in [2.75, 3.05) is 20.6 Å². The number of benzene rings is 1. The van der Waals surface area contributed by atoms with E-state index in [0.29, 0.717) is 41.3 Å². The van der Waals surface area contributed by atoms with Gasteiger partial charge >= 0.3 is 0 Å². The summed E-state index contributed by atoms with van der Waals surface area (Å²) >= 11 is 5.90. The van der Waals surface area contributed by atoms with Crippen LogP contribution in [0.3, 0.4) is 0 Å². The molecule has 0 bridgehead atoms. The molecular weight excluding hydrogens is 292 g/mol. The number of nitrogens with one attached hydrogen (secondary N) is 2. The third-order valence-electron chi connectivity index (χ3n) is 3.02.